The van der Waals surface area contributed by atoms with Crippen molar-refractivity contribution in [2.24, 2.45) is 0 Å². The van der Waals surface area contributed by atoms with Gasteiger partial charge in [0.2, 0.25) is 11.8 Å². The van der Waals surface area contributed by atoms with Gasteiger partial charge in [-0.05, 0) is 42.7 Å². The van der Waals surface area contributed by atoms with Gasteiger partial charge in [0.1, 0.15) is 6.04 Å². The summed E-state index contributed by atoms with van der Waals surface area (Å²) in [4.78, 5) is 44.5. The minimum absolute atomic E-state index is 0.0144. The lowest BCUT2D eigenvalue weighted by molar-refractivity contribution is -0.384. The Morgan fingerprint density at radius 3 is 2.65 bits per heavy atom. The summed E-state index contributed by atoms with van der Waals surface area (Å²) in [6.45, 7) is 3.56. The lowest BCUT2D eigenvalue weighted by Gasteiger charge is -2.47. The van der Waals surface area contributed by atoms with E-state index in [1.807, 2.05) is 31.2 Å². The molecule has 9 heteroatoms. The predicted molar refractivity (Wildman–Crippen MR) is 125 cm³/mol. The molecule has 0 aliphatic carbocycles. The van der Waals surface area contributed by atoms with Crippen molar-refractivity contribution in [2.75, 3.05) is 26.3 Å². The number of nitrogens with zero attached hydrogens (tertiary/aromatic N) is 3. The zero-order valence-corrected chi connectivity index (χ0v) is 18.9. The molecular formula is C25H26N4O5. The second-order valence-electron chi connectivity index (χ2n) is 8.65. The number of carbonyl (C=O) groups excluding carboxylic acids is 2. The maximum absolute atomic E-state index is 13.5. The Hall–Kier alpha value is -3.72. The van der Waals surface area contributed by atoms with E-state index in [9.17, 15) is 19.7 Å². The summed E-state index contributed by atoms with van der Waals surface area (Å²) in [6.07, 6.45) is 1.10. The number of aromatic amines is 1. The van der Waals surface area contributed by atoms with E-state index in [0.717, 1.165) is 27.7 Å². The second kappa shape index (κ2) is 8.90. The minimum atomic E-state index is -0.625. The molecule has 2 aliphatic heterocycles. The first kappa shape index (κ1) is 22.1. The third kappa shape index (κ3) is 3.71. The number of non-ortho nitro benzene ring substituents is 1. The standard InChI is InChI=1S/C25H26N4O5/c1-2-34-13-5-12-27-15-22(30)28-21(25(27)31)14-19-18-6-3-4-7-20(18)26-23(19)24(28)16-8-10-17(11-9-16)29(32)33/h3-4,6-11,21,24,26H,2,5,12-15H2,1H3/t21-,24-/m1/s1. The van der Waals surface area contributed by atoms with Crippen molar-refractivity contribution in [3.63, 3.8) is 0 Å². The summed E-state index contributed by atoms with van der Waals surface area (Å²) < 4.78 is 5.39. The summed E-state index contributed by atoms with van der Waals surface area (Å²) in [5.74, 6) is -0.201. The number of piperazine rings is 1. The van der Waals surface area contributed by atoms with Crippen molar-refractivity contribution in [3.8, 4) is 0 Å². The number of ether oxygens (including phenoxy) is 1. The topological polar surface area (TPSA) is 109 Å². The third-order valence-corrected chi connectivity index (χ3v) is 6.68. The molecule has 0 unspecified atom stereocenters. The van der Waals surface area contributed by atoms with Crippen LogP contribution < -0.4 is 0 Å². The van der Waals surface area contributed by atoms with Gasteiger partial charge < -0.3 is 19.5 Å². The predicted octanol–water partition coefficient (Wildman–Crippen LogP) is 3.19. The number of aromatic nitrogens is 1. The first-order valence-electron chi connectivity index (χ1n) is 11.5. The molecule has 9 nitrogen and oxygen atoms in total. The van der Waals surface area contributed by atoms with Gasteiger partial charge in [-0.1, -0.05) is 18.2 Å². The van der Waals surface area contributed by atoms with Gasteiger partial charge >= 0.3 is 0 Å². The molecule has 2 aromatic carbocycles. The number of hydrogen-bond acceptors (Lipinski definition) is 5. The molecule has 0 radical (unpaired) electrons. The summed E-state index contributed by atoms with van der Waals surface area (Å²) in [7, 11) is 0. The molecule has 3 aromatic rings. The number of nitro benzene ring substituents is 1. The van der Waals surface area contributed by atoms with E-state index in [4.69, 9.17) is 4.74 Å². The number of para-hydroxylation sites is 1. The molecule has 2 aliphatic rings. The molecule has 5 rings (SSSR count). The normalized spacial score (nSPS) is 19.9. The summed E-state index contributed by atoms with van der Waals surface area (Å²) in [5.41, 5.74) is 3.52. The largest absolute Gasteiger partial charge is 0.382 e. The van der Waals surface area contributed by atoms with Crippen molar-refractivity contribution >= 4 is 28.4 Å². The van der Waals surface area contributed by atoms with Crippen molar-refractivity contribution in [1.29, 1.82) is 0 Å². The van der Waals surface area contributed by atoms with Crippen LogP contribution in [0.25, 0.3) is 10.9 Å². The van der Waals surface area contributed by atoms with E-state index >= 15 is 0 Å². The van der Waals surface area contributed by atoms with Crippen LogP contribution in [0.1, 0.15) is 36.2 Å². The molecule has 2 atom stereocenters. The number of nitro groups is 1. The van der Waals surface area contributed by atoms with Crippen LogP contribution in [0.2, 0.25) is 0 Å². The maximum atomic E-state index is 13.5. The quantitative estimate of drug-likeness (QED) is 0.330. The third-order valence-electron chi connectivity index (χ3n) is 6.68. The van der Waals surface area contributed by atoms with E-state index in [-0.39, 0.29) is 24.0 Å². The Morgan fingerprint density at radius 1 is 1.15 bits per heavy atom. The average molecular weight is 463 g/mol. The number of hydrogen-bond donors (Lipinski definition) is 1. The molecule has 176 valence electrons. The van der Waals surface area contributed by atoms with Gasteiger partial charge in [-0.25, -0.2) is 0 Å². The monoisotopic (exact) mass is 462 g/mol. The first-order chi connectivity index (χ1) is 16.5. The van der Waals surface area contributed by atoms with Gasteiger partial charge in [0, 0.05) is 54.9 Å². The zero-order valence-electron chi connectivity index (χ0n) is 18.9. The van der Waals surface area contributed by atoms with Gasteiger partial charge in [0.25, 0.3) is 5.69 Å². The first-order valence-corrected chi connectivity index (χ1v) is 11.5. The van der Waals surface area contributed by atoms with Crippen molar-refractivity contribution in [2.45, 2.75) is 31.8 Å². The highest BCUT2D eigenvalue weighted by Crippen LogP contribution is 2.42. The van der Waals surface area contributed by atoms with E-state index in [1.54, 1.807) is 21.9 Å². The lowest BCUT2D eigenvalue weighted by atomic mass is 9.86. The highest BCUT2D eigenvalue weighted by Gasteiger charge is 2.48. The fourth-order valence-electron chi connectivity index (χ4n) is 5.14. The number of nitrogens with one attached hydrogen (secondary N) is 1. The molecule has 3 heterocycles. The number of rotatable bonds is 7. The molecule has 0 bridgehead atoms. The Morgan fingerprint density at radius 2 is 1.91 bits per heavy atom. The van der Waals surface area contributed by atoms with Crippen molar-refractivity contribution < 1.29 is 19.2 Å². The fourth-order valence-corrected chi connectivity index (χ4v) is 5.14. The molecule has 1 saturated heterocycles. The van der Waals surface area contributed by atoms with Gasteiger partial charge in [-0.15, -0.1) is 0 Å². The van der Waals surface area contributed by atoms with E-state index in [0.29, 0.717) is 32.6 Å². The zero-order chi connectivity index (χ0) is 23.8. The molecule has 0 saturated carbocycles. The molecule has 34 heavy (non-hydrogen) atoms. The molecule has 2 amide bonds. The average Bonchev–Trinajstić information content (AvgIpc) is 3.22. The highest BCUT2D eigenvalue weighted by molar-refractivity contribution is 5.97. The number of benzene rings is 2. The summed E-state index contributed by atoms with van der Waals surface area (Å²) in [5, 5.41) is 12.2. The molecule has 1 fully saturated rings. The number of carbonyl (C=O) groups is 2. The van der Waals surface area contributed by atoms with Crippen molar-refractivity contribution in [3.05, 3.63) is 75.5 Å². The van der Waals surface area contributed by atoms with Crippen molar-refractivity contribution in [1.82, 2.24) is 14.8 Å². The van der Waals surface area contributed by atoms with Crippen LogP contribution in [-0.2, 0) is 20.7 Å². The van der Waals surface area contributed by atoms with Crippen LogP contribution in [0.15, 0.2) is 48.5 Å². The number of amides is 2. The van der Waals surface area contributed by atoms with Crippen LogP contribution in [0.4, 0.5) is 5.69 Å². The van der Waals surface area contributed by atoms with Crippen LogP contribution in [0, 0.1) is 10.1 Å². The van der Waals surface area contributed by atoms with Gasteiger partial charge in [-0.2, -0.15) is 0 Å². The Kier molecular flexibility index (Phi) is 5.79. The van der Waals surface area contributed by atoms with Gasteiger partial charge in [0.15, 0.2) is 0 Å². The smallest absolute Gasteiger partial charge is 0.269 e. The minimum Gasteiger partial charge on any atom is -0.382 e. The Balaban J connectivity index is 1.56. The van der Waals surface area contributed by atoms with Crippen LogP contribution >= 0.6 is 0 Å². The molecular weight excluding hydrogens is 436 g/mol. The van der Waals surface area contributed by atoms with Gasteiger partial charge in [-0.3, -0.25) is 19.7 Å². The SMILES string of the molecule is CCOCCCN1CC(=O)N2[C@H](c3ccc([N+](=O)[O-])cc3)c3[nH]c4ccccc4c3C[C@@H]2C1=O. The highest BCUT2D eigenvalue weighted by atomic mass is 16.6. The molecule has 1 N–H and O–H groups in total. The van der Waals surface area contributed by atoms with Crippen LogP contribution in [-0.4, -0.2) is 63.9 Å². The van der Waals surface area contributed by atoms with Gasteiger partial charge in [0.05, 0.1) is 17.5 Å². The molecule has 0 spiro atoms. The van der Waals surface area contributed by atoms with E-state index < -0.39 is 17.0 Å². The number of H-pyrrole nitrogens is 1. The van der Waals surface area contributed by atoms with Crippen LogP contribution in [0.5, 0.6) is 0 Å². The Bertz CT molecular complexity index is 1250. The second-order valence-corrected chi connectivity index (χ2v) is 8.65. The maximum Gasteiger partial charge on any atom is 0.269 e. The molecule has 1 aromatic heterocycles. The Labute approximate surface area is 196 Å². The fraction of sp³-hybridized carbons (Fsp3) is 0.360. The van der Waals surface area contributed by atoms with E-state index in [1.165, 1.54) is 12.1 Å². The summed E-state index contributed by atoms with van der Waals surface area (Å²) in [6, 6.07) is 13.0. The van der Waals surface area contributed by atoms with Crippen LogP contribution in [0.3, 0.4) is 0 Å². The van der Waals surface area contributed by atoms with E-state index in [2.05, 4.69) is 4.98 Å². The lowest BCUT2D eigenvalue weighted by Crippen LogP contribution is -2.63. The number of fused-ring (bicyclic) bond motifs is 4. The summed E-state index contributed by atoms with van der Waals surface area (Å²) >= 11 is 0.